The first-order valence-electron chi connectivity index (χ1n) is 4.58. The van der Waals surface area contributed by atoms with Gasteiger partial charge in [0.2, 0.25) is 0 Å². The second-order valence-electron chi connectivity index (χ2n) is 3.26. The fraction of sp³-hybridized carbons (Fsp3) is 0.600. The average Bonchev–Trinajstić information content (AvgIpc) is 2.48. The van der Waals surface area contributed by atoms with Crippen LogP contribution in [0.3, 0.4) is 0 Å². The number of hydrogen-bond acceptors (Lipinski definition) is 2. The van der Waals surface area contributed by atoms with E-state index in [0.29, 0.717) is 0 Å². The van der Waals surface area contributed by atoms with Crippen molar-refractivity contribution in [2.24, 2.45) is 0 Å². The quantitative estimate of drug-likeness (QED) is 0.648. The van der Waals surface area contributed by atoms with Gasteiger partial charge >= 0.3 is 0 Å². The van der Waals surface area contributed by atoms with Crippen LogP contribution in [0.2, 0.25) is 0 Å². The number of rotatable bonds is 1. The zero-order valence-corrected chi connectivity index (χ0v) is 7.98. The van der Waals surface area contributed by atoms with Gasteiger partial charge in [0.25, 0.3) is 0 Å². The number of ether oxygens (including phenoxy) is 1. The smallest absolute Gasteiger partial charge is 0.0472 e. The SMILES string of the molecule is c1csc(C2CCCOCC2)c1. The van der Waals surface area contributed by atoms with Gasteiger partial charge in [-0.05, 0) is 36.6 Å². The van der Waals surface area contributed by atoms with E-state index in [1.807, 2.05) is 11.3 Å². The highest BCUT2D eigenvalue weighted by Crippen LogP contribution is 2.30. The summed E-state index contributed by atoms with van der Waals surface area (Å²) in [5.41, 5.74) is 0. The van der Waals surface area contributed by atoms with Crippen molar-refractivity contribution in [3.63, 3.8) is 0 Å². The highest BCUT2D eigenvalue weighted by atomic mass is 32.1. The molecule has 2 rings (SSSR count). The molecule has 1 aromatic rings. The van der Waals surface area contributed by atoms with E-state index in [9.17, 15) is 0 Å². The Morgan fingerprint density at radius 1 is 1.33 bits per heavy atom. The molecule has 1 nitrogen and oxygen atoms in total. The first-order chi connectivity index (χ1) is 5.97. The molecule has 0 aliphatic carbocycles. The second kappa shape index (κ2) is 4.06. The van der Waals surface area contributed by atoms with Crippen molar-refractivity contribution < 1.29 is 4.74 Å². The van der Waals surface area contributed by atoms with Crippen LogP contribution in [0.25, 0.3) is 0 Å². The maximum absolute atomic E-state index is 5.43. The van der Waals surface area contributed by atoms with Gasteiger partial charge in [-0.3, -0.25) is 0 Å². The first-order valence-corrected chi connectivity index (χ1v) is 5.46. The number of thiophene rings is 1. The molecular weight excluding hydrogens is 168 g/mol. The largest absolute Gasteiger partial charge is 0.381 e. The van der Waals surface area contributed by atoms with E-state index in [-0.39, 0.29) is 0 Å². The van der Waals surface area contributed by atoms with E-state index in [1.165, 1.54) is 19.3 Å². The van der Waals surface area contributed by atoms with Crippen molar-refractivity contribution in [3.8, 4) is 0 Å². The Hall–Kier alpha value is -0.340. The maximum atomic E-state index is 5.43. The van der Waals surface area contributed by atoms with Crippen LogP contribution >= 0.6 is 11.3 Å². The summed E-state index contributed by atoms with van der Waals surface area (Å²) in [6.07, 6.45) is 3.74. The Morgan fingerprint density at radius 3 is 3.17 bits per heavy atom. The van der Waals surface area contributed by atoms with Gasteiger partial charge in [-0.1, -0.05) is 6.07 Å². The minimum Gasteiger partial charge on any atom is -0.381 e. The summed E-state index contributed by atoms with van der Waals surface area (Å²) in [4.78, 5) is 1.54. The van der Waals surface area contributed by atoms with E-state index in [2.05, 4.69) is 17.5 Å². The molecule has 1 unspecified atom stereocenters. The predicted molar refractivity (Wildman–Crippen MR) is 51.7 cm³/mol. The normalized spacial score (nSPS) is 25.2. The molecule has 1 fully saturated rings. The van der Waals surface area contributed by atoms with Gasteiger partial charge in [-0.15, -0.1) is 11.3 Å². The summed E-state index contributed by atoms with van der Waals surface area (Å²) in [7, 11) is 0. The summed E-state index contributed by atoms with van der Waals surface area (Å²) in [5, 5.41) is 2.17. The van der Waals surface area contributed by atoms with E-state index in [4.69, 9.17) is 4.74 Å². The molecule has 2 heterocycles. The van der Waals surface area contributed by atoms with Gasteiger partial charge in [0.05, 0.1) is 0 Å². The van der Waals surface area contributed by atoms with Gasteiger partial charge in [-0.25, -0.2) is 0 Å². The molecule has 12 heavy (non-hydrogen) atoms. The van der Waals surface area contributed by atoms with Crippen LogP contribution in [-0.4, -0.2) is 13.2 Å². The van der Waals surface area contributed by atoms with Crippen molar-refractivity contribution >= 4 is 11.3 Å². The van der Waals surface area contributed by atoms with E-state index < -0.39 is 0 Å². The number of hydrogen-bond donors (Lipinski definition) is 0. The third-order valence-electron chi connectivity index (χ3n) is 2.40. The molecule has 0 aromatic carbocycles. The molecule has 1 atom stereocenters. The zero-order valence-electron chi connectivity index (χ0n) is 7.16. The molecule has 0 radical (unpaired) electrons. The molecule has 0 N–H and O–H groups in total. The monoisotopic (exact) mass is 182 g/mol. The van der Waals surface area contributed by atoms with E-state index >= 15 is 0 Å². The third kappa shape index (κ3) is 1.87. The van der Waals surface area contributed by atoms with Gasteiger partial charge < -0.3 is 4.74 Å². The fourth-order valence-electron chi connectivity index (χ4n) is 1.71. The van der Waals surface area contributed by atoms with E-state index in [0.717, 1.165) is 19.1 Å². The van der Waals surface area contributed by atoms with E-state index in [1.54, 1.807) is 4.88 Å². The van der Waals surface area contributed by atoms with Gasteiger partial charge in [0.15, 0.2) is 0 Å². The molecule has 1 saturated heterocycles. The molecule has 1 aliphatic rings. The van der Waals surface area contributed by atoms with Crippen LogP contribution < -0.4 is 0 Å². The lowest BCUT2D eigenvalue weighted by Crippen LogP contribution is -1.96. The molecule has 0 bridgehead atoms. The topological polar surface area (TPSA) is 9.23 Å². The minimum atomic E-state index is 0.771. The molecular formula is C10H14OS. The van der Waals surface area contributed by atoms with Crippen LogP contribution in [0, 0.1) is 0 Å². The summed E-state index contributed by atoms with van der Waals surface area (Å²) < 4.78 is 5.43. The average molecular weight is 182 g/mol. The van der Waals surface area contributed by atoms with Crippen LogP contribution in [0.5, 0.6) is 0 Å². The van der Waals surface area contributed by atoms with Gasteiger partial charge in [0, 0.05) is 18.1 Å². The molecule has 0 amide bonds. The lowest BCUT2D eigenvalue weighted by Gasteiger charge is -2.09. The lowest BCUT2D eigenvalue weighted by atomic mass is 9.99. The van der Waals surface area contributed by atoms with Crippen LogP contribution in [0.15, 0.2) is 17.5 Å². The van der Waals surface area contributed by atoms with Crippen molar-refractivity contribution in [1.29, 1.82) is 0 Å². The Morgan fingerprint density at radius 2 is 2.33 bits per heavy atom. The zero-order chi connectivity index (χ0) is 8.23. The Balaban J connectivity index is 2.02. The van der Waals surface area contributed by atoms with Gasteiger partial charge in [0.1, 0.15) is 0 Å². The van der Waals surface area contributed by atoms with Crippen molar-refractivity contribution in [1.82, 2.24) is 0 Å². The molecule has 2 heteroatoms. The molecule has 0 spiro atoms. The Bertz CT molecular complexity index is 210. The molecule has 66 valence electrons. The first kappa shape index (κ1) is 8.27. The second-order valence-corrected chi connectivity index (χ2v) is 4.23. The predicted octanol–water partition coefficient (Wildman–Crippen LogP) is 3.03. The summed E-state index contributed by atoms with van der Waals surface area (Å²) >= 11 is 1.88. The minimum absolute atomic E-state index is 0.771. The van der Waals surface area contributed by atoms with Crippen LogP contribution in [0.4, 0.5) is 0 Å². The van der Waals surface area contributed by atoms with Crippen LogP contribution in [-0.2, 0) is 4.74 Å². The van der Waals surface area contributed by atoms with Crippen molar-refractivity contribution in [2.75, 3.05) is 13.2 Å². The summed E-state index contributed by atoms with van der Waals surface area (Å²) in [6, 6.07) is 4.40. The lowest BCUT2D eigenvalue weighted by molar-refractivity contribution is 0.143. The Kier molecular flexibility index (Phi) is 2.79. The highest BCUT2D eigenvalue weighted by Gasteiger charge is 2.14. The molecule has 0 saturated carbocycles. The molecule has 1 aliphatic heterocycles. The highest BCUT2D eigenvalue weighted by molar-refractivity contribution is 7.10. The summed E-state index contributed by atoms with van der Waals surface area (Å²) in [6.45, 7) is 1.91. The van der Waals surface area contributed by atoms with Gasteiger partial charge in [-0.2, -0.15) is 0 Å². The van der Waals surface area contributed by atoms with Crippen molar-refractivity contribution in [3.05, 3.63) is 22.4 Å². The van der Waals surface area contributed by atoms with Crippen LogP contribution in [0.1, 0.15) is 30.1 Å². The maximum Gasteiger partial charge on any atom is 0.0472 e. The summed E-state index contributed by atoms with van der Waals surface area (Å²) in [5.74, 6) is 0.771. The van der Waals surface area contributed by atoms with Crippen molar-refractivity contribution in [2.45, 2.75) is 25.2 Å². The third-order valence-corrected chi connectivity index (χ3v) is 3.43. The standard InChI is InChI=1S/C10H14OS/c1-3-9(5-7-11-6-1)10-4-2-8-12-10/h2,4,8-9H,1,3,5-7H2. The fourth-order valence-corrected chi connectivity index (χ4v) is 2.61. The Labute approximate surface area is 77.4 Å². The molecule has 1 aromatic heterocycles.